The summed E-state index contributed by atoms with van der Waals surface area (Å²) in [6.07, 6.45) is -1.17. The van der Waals surface area contributed by atoms with Crippen molar-refractivity contribution in [3.05, 3.63) is 95.1 Å². The molecule has 1 N–H and O–H groups in total. The molecule has 2 unspecified atom stereocenters. The van der Waals surface area contributed by atoms with Crippen LogP contribution < -0.4 is 0 Å². The molecule has 0 aliphatic carbocycles. The summed E-state index contributed by atoms with van der Waals surface area (Å²) in [6.45, 7) is 0.141. The Labute approximate surface area is 190 Å². The van der Waals surface area contributed by atoms with Crippen molar-refractivity contribution in [3.8, 4) is 11.5 Å². The number of rotatable bonds is 6. The summed E-state index contributed by atoms with van der Waals surface area (Å²) >= 11 is 0. The van der Waals surface area contributed by atoms with E-state index in [2.05, 4.69) is 20.2 Å². The average molecular weight is 467 g/mol. The SMILES string of the molecule is O=C1c2cc(-c3nnc(C(F)F)o3)ccc2CN1C(c1ncccn1)C(O)c1ccc(F)cc1. The normalized spacial score (nSPS) is 15.0. The van der Waals surface area contributed by atoms with Gasteiger partial charge in [-0.25, -0.2) is 14.4 Å². The van der Waals surface area contributed by atoms with Crippen LogP contribution in [-0.4, -0.2) is 36.1 Å². The Morgan fingerprint density at radius 3 is 2.44 bits per heavy atom. The number of fused-ring (bicyclic) bond motifs is 1. The molecule has 0 fully saturated rings. The molecule has 2 aromatic carbocycles. The lowest BCUT2D eigenvalue weighted by molar-refractivity contribution is 0.0332. The highest BCUT2D eigenvalue weighted by molar-refractivity contribution is 5.99. The smallest absolute Gasteiger partial charge is 0.314 e. The van der Waals surface area contributed by atoms with Crippen LogP contribution in [0.15, 0.2) is 65.3 Å². The van der Waals surface area contributed by atoms with Crippen LogP contribution in [0.2, 0.25) is 0 Å². The summed E-state index contributed by atoms with van der Waals surface area (Å²) in [5.41, 5.74) is 1.63. The number of aliphatic hydroxyl groups excluding tert-OH is 1. The Balaban J connectivity index is 1.50. The third-order valence-electron chi connectivity index (χ3n) is 5.51. The van der Waals surface area contributed by atoms with Crippen molar-refractivity contribution in [1.82, 2.24) is 25.1 Å². The molecule has 0 saturated heterocycles. The van der Waals surface area contributed by atoms with E-state index < -0.39 is 36.2 Å². The monoisotopic (exact) mass is 467 g/mol. The van der Waals surface area contributed by atoms with Crippen molar-refractivity contribution >= 4 is 5.91 Å². The molecule has 0 radical (unpaired) electrons. The molecule has 0 bridgehead atoms. The molecule has 172 valence electrons. The van der Waals surface area contributed by atoms with Gasteiger partial charge in [0.2, 0.25) is 5.89 Å². The predicted molar refractivity (Wildman–Crippen MR) is 111 cm³/mol. The molecular weight excluding hydrogens is 451 g/mol. The average Bonchev–Trinajstić information content (AvgIpc) is 3.46. The van der Waals surface area contributed by atoms with Gasteiger partial charge in [0.15, 0.2) is 5.82 Å². The van der Waals surface area contributed by atoms with Crippen LogP contribution >= 0.6 is 0 Å². The maximum Gasteiger partial charge on any atom is 0.314 e. The summed E-state index contributed by atoms with van der Waals surface area (Å²) in [6, 6.07) is 10.6. The molecule has 3 heterocycles. The predicted octanol–water partition coefficient (Wildman–Crippen LogP) is 4.03. The number of benzene rings is 2. The van der Waals surface area contributed by atoms with E-state index in [1.807, 2.05) is 0 Å². The molecule has 0 spiro atoms. The van der Waals surface area contributed by atoms with Crippen LogP contribution in [0.4, 0.5) is 13.2 Å². The fraction of sp³-hybridized carbons (Fsp3) is 0.174. The van der Waals surface area contributed by atoms with Gasteiger partial charge in [-0.05, 0) is 41.5 Å². The second-order valence-corrected chi connectivity index (χ2v) is 7.60. The van der Waals surface area contributed by atoms with Crippen molar-refractivity contribution in [2.75, 3.05) is 0 Å². The van der Waals surface area contributed by atoms with Gasteiger partial charge in [0.05, 0.1) is 0 Å². The number of aliphatic hydroxyl groups is 1. The van der Waals surface area contributed by atoms with Crippen molar-refractivity contribution in [1.29, 1.82) is 0 Å². The van der Waals surface area contributed by atoms with Crippen molar-refractivity contribution in [3.63, 3.8) is 0 Å². The van der Waals surface area contributed by atoms with Crippen LogP contribution in [0.25, 0.3) is 11.5 Å². The van der Waals surface area contributed by atoms with Gasteiger partial charge in [-0.1, -0.05) is 18.2 Å². The Morgan fingerprint density at radius 1 is 1.03 bits per heavy atom. The standard InChI is InChI=1S/C23H16F3N5O3/c24-15-6-4-12(5-7-15)18(32)17(20-27-8-1-9-28-20)31-11-14-3-2-13(10-16(14)23(31)33)21-29-30-22(34-21)19(25)26/h1-10,17-19,32H,11H2. The van der Waals surface area contributed by atoms with E-state index >= 15 is 0 Å². The van der Waals surface area contributed by atoms with Crippen LogP contribution in [0, 0.1) is 5.82 Å². The molecule has 0 saturated carbocycles. The van der Waals surface area contributed by atoms with Gasteiger partial charge in [-0.3, -0.25) is 4.79 Å². The van der Waals surface area contributed by atoms with E-state index in [0.29, 0.717) is 22.3 Å². The number of carbonyl (C=O) groups is 1. The van der Waals surface area contributed by atoms with Gasteiger partial charge >= 0.3 is 6.43 Å². The third-order valence-corrected chi connectivity index (χ3v) is 5.51. The Hall–Kier alpha value is -4.12. The van der Waals surface area contributed by atoms with Crippen LogP contribution in [-0.2, 0) is 6.54 Å². The molecule has 5 rings (SSSR count). The lowest BCUT2D eigenvalue weighted by atomic mass is 10.00. The van der Waals surface area contributed by atoms with Gasteiger partial charge in [-0.2, -0.15) is 8.78 Å². The first-order valence-electron chi connectivity index (χ1n) is 10.2. The molecule has 4 aromatic rings. The highest BCUT2D eigenvalue weighted by atomic mass is 19.3. The topological polar surface area (TPSA) is 105 Å². The quantitative estimate of drug-likeness (QED) is 0.456. The number of halogens is 3. The van der Waals surface area contributed by atoms with Crippen LogP contribution in [0.5, 0.6) is 0 Å². The molecule has 34 heavy (non-hydrogen) atoms. The molecule has 1 aliphatic rings. The van der Waals surface area contributed by atoms with Gasteiger partial charge < -0.3 is 14.4 Å². The number of hydrogen-bond acceptors (Lipinski definition) is 7. The Morgan fingerprint density at radius 2 is 1.76 bits per heavy atom. The molecule has 8 nitrogen and oxygen atoms in total. The van der Waals surface area contributed by atoms with Gasteiger partial charge in [0.1, 0.15) is 18.0 Å². The number of amides is 1. The zero-order valence-electron chi connectivity index (χ0n) is 17.3. The van der Waals surface area contributed by atoms with Crippen LogP contribution in [0.1, 0.15) is 51.8 Å². The number of alkyl halides is 2. The molecule has 11 heteroatoms. The molecule has 2 atom stereocenters. The minimum Gasteiger partial charge on any atom is -0.415 e. The first-order valence-corrected chi connectivity index (χ1v) is 10.2. The second kappa shape index (κ2) is 8.67. The van der Waals surface area contributed by atoms with Gasteiger partial charge in [-0.15, -0.1) is 10.2 Å². The Kier molecular flexibility index (Phi) is 5.54. The van der Waals surface area contributed by atoms with E-state index in [0.717, 1.165) is 0 Å². The van der Waals surface area contributed by atoms with Crippen molar-refractivity contribution in [2.24, 2.45) is 0 Å². The number of aromatic nitrogens is 4. The molecular formula is C23H16F3N5O3. The summed E-state index contributed by atoms with van der Waals surface area (Å²) in [5.74, 6) is -1.63. The summed E-state index contributed by atoms with van der Waals surface area (Å²) < 4.78 is 44.0. The molecule has 1 aliphatic heterocycles. The van der Waals surface area contributed by atoms with E-state index in [-0.39, 0.29) is 18.3 Å². The van der Waals surface area contributed by atoms with Gasteiger partial charge in [0.25, 0.3) is 11.8 Å². The minimum absolute atomic E-state index is 0.140. The van der Waals surface area contributed by atoms with Crippen molar-refractivity contribution in [2.45, 2.75) is 25.1 Å². The lowest BCUT2D eigenvalue weighted by Gasteiger charge is -2.30. The van der Waals surface area contributed by atoms with Gasteiger partial charge in [0, 0.05) is 30.1 Å². The highest BCUT2D eigenvalue weighted by Gasteiger charge is 2.39. The highest BCUT2D eigenvalue weighted by Crippen LogP contribution is 2.39. The Bertz CT molecular complexity index is 1330. The van der Waals surface area contributed by atoms with E-state index in [1.54, 1.807) is 18.2 Å². The number of carbonyl (C=O) groups excluding carboxylic acids is 1. The summed E-state index contributed by atoms with van der Waals surface area (Å²) in [5, 5.41) is 18.1. The molecule has 2 aromatic heterocycles. The summed E-state index contributed by atoms with van der Waals surface area (Å²) in [4.78, 5) is 23.3. The van der Waals surface area contributed by atoms with E-state index in [1.165, 1.54) is 47.6 Å². The van der Waals surface area contributed by atoms with E-state index in [9.17, 15) is 23.1 Å². The fourth-order valence-corrected chi connectivity index (χ4v) is 3.88. The zero-order valence-corrected chi connectivity index (χ0v) is 17.3. The largest absolute Gasteiger partial charge is 0.415 e. The second-order valence-electron chi connectivity index (χ2n) is 7.60. The number of hydrogen-bond donors (Lipinski definition) is 1. The first kappa shape index (κ1) is 21.7. The zero-order chi connectivity index (χ0) is 23.8. The maximum atomic E-state index is 13.4. The number of nitrogens with zero attached hydrogens (tertiary/aromatic N) is 5. The van der Waals surface area contributed by atoms with E-state index in [4.69, 9.17) is 4.42 Å². The fourth-order valence-electron chi connectivity index (χ4n) is 3.88. The van der Waals surface area contributed by atoms with Crippen LogP contribution in [0.3, 0.4) is 0 Å². The lowest BCUT2D eigenvalue weighted by Crippen LogP contribution is -2.34. The maximum absolute atomic E-state index is 13.4. The minimum atomic E-state index is -2.91. The molecule has 1 amide bonds. The first-order chi connectivity index (χ1) is 16.4. The summed E-state index contributed by atoms with van der Waals surface area (Å²) in [7, 11) is 0. The van der Waals surface area contributed by atoms with Crippen molar-refractivity contribution < 1.29 is 27.5 Å². The third kappa shape index (κ3) is 3.90.